The summed E-state index contributed by atoms with van der Waals surface area (Å²) < 4.78 is 0. The number of carbonyl (C=O) groups excluding carboxylic acids is 1. The van der Waals surface area contributed by atoms with E-state index in [0.29, 0.717) is 5.71 Å². The molecule has 6 nitrogen and oxygen atoms in total. The molecule has 0 spiro atoms. The number of carbonyl (C=O) groups is 2. The van der Waals surface area contributed by atoms with E-state index in [4.69, 9.17) is 10.8 Å². The standard InChI is InChI=1S/C8H15N3O3/c1-5(10-11-7(9)14)8(2,3)4-6(12)13/h4H2,1-3H3,(H,12,13)(H3,9,11,14)/b10-5+. The maximum atomic E-state index is 10.5. The molecule has 80 valence electrons. The Morgan fingerprint density at radius 3 is 2.36 bits per heavy atom. The summed E-state index contributed by atoms with van der Waals surface area (Å²) >= 11 is 0. The Balaban J connectivity index is 4.47. The van der Waals surface area contributed by atoms with Crippen LogP contribution in [0.25, 0.3) is 0 Å². The van der Waals surface area contributed by atoms with Gasteiger partial charge in [-0.2, -0.15) is 5.10 Å². The van der Waals surface area contributed by atoms with Crippen molar-refractivity contribution in [2.75, 3.05) is 0 Å². The van der Waals surface area contributed by atoms with Gasteiger partial charge in [-0.25, -0.2) is 10.2 Å². The quantitative estimate of drug-likeness (QED) is 0.456. The van der Waals surface area contributed by atoms with Crippen LogP contribution < -0.4 is 11.2 Å². The van der Waals surface area contributed by atoms with E-state index in [1.807, 2.05) is 0 Å². The molecule has 0 unspecified atom stereocenters. The third-order valence-electron chi connectivity index (χ3n) is 1.91. The summed E-state index contributed by atoms with van der Waals surface area (Å²) in [5.74, 6) is -0.913. The normalized spacial score (nSPS) is 12.4. The van der Waals surface area contributed by atoms with Crippen molar-refractivity contribution >= 4 is 17.7 Å². The lowest BCUT2D eigenvalue weighted by Crippen LogP contribution is -2.31. The zero-order chi connectivity index (χ0) is 11.4. The molecule has 4 N–H and O–H groups in total. The lowest BCUT2D eigenvalue weighted by atomic mass is 9.85. The van der Waals surface area contributed by atoms with Gasteiger partial charge in [0.05, 0.1) is 6.42 Å². The molecule has 0 atom stereocenters. The van der Waals surface area contributed by atoms with Crippen molar-refractivity contribution < 1.29 is 14.7 Å². The minimum absolute atomic E-state index is 0.0528. The maximum Gasteiger partial charge on any atom is 0.332 e. The van der Waals surface area contributed by atoms with Crippen LogP contribution in [0.4, 0.5) is 4.79 Å². The molecule has 0 radical (unpaired) electrons. The van der Waals surface area contributed by atoms with Crippen molar-refractivity contribution in [3.8, 4) is 0 Å². The van der Waals surface area contributed by atoms with Gasteiger partial charge < -0.3 is 10.8 Å². The maximum absolute atomic E-state index is 10.5. The van der Waals surface area contributed by atoms with Crippen LogP contribution in [0.2, 0.25) is 0 Å². The third-order valence-corrected chi connectivity index (χ3v) is 1.91. The Labute approximate surface area is 82.2 Å². The van der Waals surface area contributed by atoms with E-state index in [9.17, 15) is 9.59 Å². The Hall–Kier alpha value is -1.59. The second kappa shape index (κ2) is 4.59. The predicted molar refractivity (Wildman–Crippen MR) is 51.9 cm³/mol. The molecule has 0 aliphatic carbocycles. The van der Waals surface area contributed by atoms with Gasteiger partial charge >= 0.3 is 12.0 Å². The molecule has 6 heteroatoms. The number of carboxylic acids is 1. The highest BCUT2D eigenvalue weighted by molar-refractivity contribution is 5.91. The van der Waals surface area contributed by atoms with Crippen molar-refractivity contribution in [1.82, 2.24) is 5.43 Å². The van der Waals surface area contributed by atoms with Crippen LogP contribution in [0.3, 0.4) is 0 Å². The van der Waals surface area contributed by atoms with Crippen molar-refractivity contribution in [2.45, 2.75) is 27.2 Å². The summed E-state index contributed by atoms with van der Waals surface area (Å²) in [5.41, 5.74) is 6.78. The van der Waals surface area contributed by atoms with E-state index in [2.05, 4.69) is 10.5 Å². The molecule has 0 bridgehead atoms. The molecule has 0 aromatic carbocycles. The van der Waals surface area contributed by atoms with Crippen LogP contribution in [0.5, 0.6) is 0 Å². The number of hydrazone groups is 1. The van der Waals surface area contributed by atoms with E-state index in [-0.39, 0.29) is 6.42 Å². The monoisotopic (exact) mass is 201 g/mol. The molecule has 0 fully saturated rings. The Bertz CT molecular complexity index is 271. The van der Waals surface area contributed by atoms with Gasteiger partial charge in [0.1, 0.15) is 0 Å². The highest BCUT2D eigenvalue weighted by Gasteiger charge is 2.25. The first kappa shape index (κ1) is 12.4. The average molecular weight is 201 g/mol. The first-order valence-electron chi connectivity index (χ1n) is 4.07. The van der Waals surface area contributed by atoms with Crippen molar-refractivity contribution in [3.63, 3.8) is 0 Å². The lowest BCUT2D eigenvalue weighted by molar-refractivity contribution is -0.138. The summed E-state index contributed by atoms with van der Waals surface area (Å²) in [6, 6.07) is -0.768. The minimum Gasteiger partial charge on any atom is -0.481 e. The second-order valence-electron chi connectivity index (χ2n) is 3.63. The highest BCUT2D eigenvalue weighted by Crippen LogP contribution is 2.22. The van der Waals surface area contributed by atoms with Crippen LogP contribution >= 0.6 is 0 Å². The summed E-state index contributed by atoms with van der Waals surface area (Å²) in [4.78, 5) is 20.8. The summed E-state index contributed by atoms with van der Waals surface area (Å²) in [7, 11) is 0. The van der Waals surface area contributed by atoms with E-state index in [0.717, 1.165) is 0 Å². The number of rotatable bonds is 4. The fraction of sp³-hybridized carbons (Fsp3) is 0.625. The summed E-state index contributed by atoms with van der Waals surface area (Å²) in [5, 5.41) is 12.3. The number of nitrogens with two attached hydrogens (primary N) is 1. The zero-order valence-electron chi connectivity index (χ0n) is 8.50. The minimum atomic E-state index is -0.913. The van der Waals surface area contributed by atoms with Gasteiger partial charge in [0.25, 0.3) is 0 Å². The van der Waals surface area contributed by atoms with Gasteiger partial charge in [0.2, 0.25) is 0 Å². The topological polar surface area (TPSA) is 105 Å². The molecule has 0 heterocycles. The number of primary amides is 1. The molecular weight excluding hydrogens is 186 g/mol. The number of carboxylic acid groups (broad SMARTS) is 1. The zero-order valence-corrected chi connectivity index (χ0v) is 8.50. The van der Waals surface area contributed by atoms with Gasteiger partial charge in [0, 0.05) is 11.1 Å². The number of hydrogen-bond donors (Lipinski definition) is 3. The van der Waals surface area contributed by atoms with E-state index in [1.54, 1.807) is 20.8 Å². The van der Waals surface area contributed by atoms with Gasteiger partial charge in [-0.15, -0.1) is 0 Å². The first-order valence-corrected chi connectivity index (χ1v) is 4.07. The van der Waals surface area contributed by atoms with Crippen molar-refractivity contribution in [1.29, 1.82) is 0 Å². The number of hydrogen-bond acceptors (Lipinski definition) is 3. The predicted octanol–water partition coefficient (Wildman–Crippen LogP) is 0.531. The highest BCUT2D eigenvalue weighted by atomic mass is 16.4. The van der Waals surface area contributed by atoms with Gasteiger partial charge in [0.15, 0.2) is 0 Å². The average Bonchev–Trinajstić information content (AvgIpc) is 1.97. The molecule has 14 heavy (non-hydrogen) atoms. The number of nitrogens with one attached hydrogen (secondary N) is 1. The van der Waals surface area contributed by atoms with Crippen molar-refractivity contribution in [2.24, 2.45) is 16.3 Å². The molecule has 0 saturated heterocycles. The fourth-order valence-corrected chi connectivity index (χ4v) is 0.796. The van der Waals surface area contributed by atoms with E-state index in [1.165, 1.54) is 0 Å². The van der Waals surface area contributed by atoms with Crippen LogP contribution in [-0.2, 0) is 4.79 Å². The first-order chi connectivity index (χ1) is 6.25. The summed E-state index contributed by atoms with van der Waals surface area (Å²) in [6.07, 6.45) is -0.0528. The summed E-state index contributed by atoms with van der Waals surface area (Å²) in [6.45, 7) is 5.09. The molecule has 0 aliphatic heterocycles. The molecular formula is C8H15N3O3. The molecule has 0 aromatic rings. The van der Waals surface area contributed by atoms with Crippen LogP contribution in [0.1, 0.15) is 27.2 Å². The number of aliphatic carboxylic acids is 1. The molecule has 0 saturated carbocycles. The Morgan fingerprint density at radius 2 is 2.00 bits per heavy atom. The third kappa shape index (κ3) is 4.44. The number of nitrogens with zero attached hydrogens (tertiary/aromatic N) is 1. The lowest BCUT2D eigenvalue weighted by Gasteiger charge is -2.21. The van der Waals surface area contributed by atoms with Gasteiger partial charge in [-0.05, 0) is 6.92 Å². The molecule has 2 amide bonds. The largest absolute Gasteiger partial charge is 0.481 e. The molecule has 0 aromatic heterocycles. The number of amides is 2. The smallest absolute Gasteiger partial charge is 0.332 e. The second-order valence-corrected chi connectivity index (χ2v) is 3.63. The van der Waals surface area contributed by atoms with Gasteiger partial charge in [-0.1, -0.05) is 13.8 Å². The van der Waals surface area contributed by atoms with E-state index >= 15 is 0 Å². The van der Waals surface area contributed by atoms with Crippen LogP contribution in [0.15, 0.2) is 5.10 Å². The SMILES string of the molecule is C/C(=N\NC(N)=O)C(C)(C)CC(=O)O. The molecule has 0 aliphatic rings. The Morgan fingerprint density at radius 1 is 1.50 bits per heavy atom. The van der Waals surface area contributed by atoms with Crippen LogP contribution in [0, 0.1) is 5.41 Å². The fourth-order valence-electron chi connectivity index (χ4n) is 0.796. The Kier molecular flexibility index (Phi) is 4.07. The van der Waals surface area contributed by atoms with Crippen LogP contribution in [-0.4, -0.2) is 22.8 Å². The molecule has 0 rings (SSSR count). The van der Waals surface area contributed by atoms with E-state index < -0.39 is 17.4 Å². The van der Waals surface area contributed by atoms with Crippen molar-refractivity contribution in [3.05, 3.63) is 0 Å². The number of urea groups is 1. The van der Waals surface area contributed by atoms with Gasteiger partial charge in [-0.3, -0.25) is 4.79 Å².